The van der Waals surface area contributed by atoms with E-state index in [4.69, 9.17) is 10.5 Å². The molecular formula is C23H25F4N3O2. The van der Waals surface area contributed by atoms with E-state index >= 15 is 0 Å². The molecular weight excluding hydrogens is 426 g/mol. The van der Waals surface area contributed by atoms with Crippen molar-refractivity contribution in [1.82, 2.24) is 4.98 Å². The van der Waals surface area contributed by atoms with Gasteiger partial charge in [0.2, 0.25) is 0 Å². The van der Waals surface area contributed by atoms with Crippen LogP contribution in [0.15, 0.2) is 48.5 Å². The van der Waals surface area contributed by atoms with Gasteiger partial charge in [-0.15, -0.1) is 0 Å². The Labute approximate surface area is 183 Å². The fourth-order valence-corrected chi connectivity index (χ4v) is 3.86. The van der Waals surface area contributed by atoms with Gasteiger partial charge < -0.3 is 20.9 Å². The van der Waals surface area contributed by atoms with E-state index in [-0.39, 0.29) is 17.1 Å². The van der Waals surface area contributed by atoms with Crippen molar-refractivity contribution >= 4 is 22.4 Å². The van der Waals surface area contributed by atoms with Crippen LogP contribution in [0.4, 0.5) is 29.1 Å². The van der Waals surface area contributed by atoms with E-state index < -0.39 is 36.0 Å². The Hall–Kier alpha value is -3.07. The third-order valence-electron chi connectivity index (χ3n) is 5.48. The van der Waals surface area contributed by atoms with Crippen LogP contribution in [-0.2, 0) is 5.41 Å². The lowest BCUT2D eigenvalue weighted by Crippen LogP contribution is -2.53. The molecule has 0 saturated heterocycles. The van der Waals surface area contributed by atoms with Gasteiger partial charge in [-0.2, -0.15) is 13.2 Å². The molecule has 0 aliphatic carbocycles. The summed E-state index contributed by atoms with van der Waals surface area (Å²) in [6.45, 7) is 2.19. The first-order chi connectivity index (χ1) is 14.9. The number of methoxy groups -OCH3 is 1. The average Bonchev–Trinajstić information content (AvgIpc) is 2.70. The number of aromatic nitrogens is 1. The predicted octanol–water partition coefficient (Wildman–Crippen LogP) is 5.04. The fourth-order valence-electron chi connectivity index (χ4n) is 3.86. The van der Waals surface area contributed by atoms with Crippen molar-refractivity contribution in [3.63, 3.8) is 0 Å². The number of pyridine rings is 1. The van der Waals surface area contributed by atoms with E-state index in [9.17, 15) is 22.7 Å². The molecule has 4 N–H and O–H groups in total. The normalized spacial score (nSPS) is 14.2. The standard InChI is InChI=1S/C23H25F4N3O2/c1-21(2,16-11-14(24)7-9-19(16)32-3)12-22(31,23(25,26)27)13-29-17-5-4-6-18-15(17)8-10-20(28)30-18/h4-11,29,31H,12-13H2,1-3H3,(H2,28,30). The van der Waals surface area contributed by atoms with Crippen LogP contribution in [0, 0.1) is 5.82 Å². The van der Waals surface area contributed by atoms with Crippen LogP contribution in [0.3, 0.4) is 0 Å². The van der Waals surface area contributed by atoms with Crippen LogP contribution >= 0.6 is 0 Å². The third-order valence-corrected chi connectivity index (χ3v) is 5.48. The van der Waals surface area contributed by atoms with Crippen LogP contribution in [0.5, 0.6) is 5.75 Å². The molecule has 1 heterocycles. The zero-order valence-corrected chi connectivity index (χ0v) is 17.9. The number of aliphatic hydroxyl groups is 1. The van der Waals surface area contributed by atoms with Gasteiger partial charge in [0.15, 0.2) is 5.60 Å². The van der Waals surface area contributed by atoms with Gasteiger partial charge in [0.25, 0.3) is 0 Å². The van der Waals surface area contributed by atoms with Crippen molar-refractivity contribution in [1.29, 1.82) is 0 Å². The predicted molar refractivity (Wildman–Crippen MR) is 116 cm³/mol. The highest BCUT2D eigenvalue weighted by molar-refractivity contribution is 5.92. The number of nitrogens with zero attached hydrogens (tertiary/aromatic N) is 1. The minimum absolute atomic E-state index is 0.229. The molecule has 2 aromatic carbocycles. The van der Waals surface area contributed by atoms with Gasteiger partial charge in [-0.1, -0.05) is 19.9 Å². The fraction of sp³-hybridized carbons (Fsp3) is 0.348. The highest BCUT2D eigenvalue weighted by atomic mass is 19.4. The molecule has 32 heavy (non-hydrogen) atoms. The molecule has 0 bridgehead atoms. The molecule has 1 atom stereocenters. The molecule has 1 aromatic heterocycles. The lowest BCUT2D eigenvalue weighted by Gasteiger charge is -2.38. The van der Waals surface area contributed by atoms with Crippen molar-refractivity contribution in [2.24, 2.45) is 0 Å². The maximum atomic E-state index is 14.1. The summed E-state index contributed by atoms with van der Waals surface area (Å²) in [7, 11) is 1.35. The second-order valence-corrected chi connectivity index (χ2v) is 8.40. The molecule has 3 rings (SSSR count). The van der Waals surface area contributed by atoms with Crippen LogP contribution < -0.4 is 15.8 Å². The lowest BCUT2D eigenvalue weighted by molar-refractivity contribution is -0.260. The Morgan fingerprint density at radius 2 is 1.81 bits per heavy atom. The SMILES string of the molecule is COc1ccc(F)cc1C(C)(C)CC(O)(CNc1cccc2nc(N)ccc12)C(F)(F)F. The number of ether oxygens (including phenoxy) is 1. The number of anilines is 2. The highest BCUT2D eigenvalue weighted by Crippen LogP contribution is 2.44. The molecule has 0 spiro atoms. The van der Waals surface area contributed by atoms with Crippen molar-refractivity contribution in [3.8, 4) is 5.75 Å². The maximum absolute atomic E-state index is 14.1. The Morgan fingerprint density at radius 3 is 2.47 bits per heavy atom. The number of fused-ring (bicyclic) bond motifs is 1. The molecule has 1 unspecified atom stereocenters. The molecule has 5 nitrogen and oxygen atoms in total. The van der Waals surface area contributed by atoms with Gasteiger partial charge in [0.1, 0.15) is 17.4 Å². The van der Waals surface area contributed by atoms with Gasteiger partial charge in [-0.3, -0.25) is 0 Å². The van der Waals surface area contributed by atoms with Gasteiger partial charge in [0, 0.05) is 16.6 Å². The largest absolute Gasteiger partial charge is 0.496 e. The topological polar surface area (TPSA) is 80.4 Å². The van der Waals surface area contributed by atoms with Crippen LogP contribution in [-0.4, -0.2) is 35.5 Å². The van der Waals surface area contributed by atoms with E-state index in [0.29, 0.717) is 16.6 Å². The number of nitrogens with two attached hydrogens (primary N) is 1. The number of halogens is 4. The molecule has 0 aliphatic heterocycles. The van der Waals surface area contributed by atoms with Crippen molar-refractivity contribution < 1.29 is 27.4 Å². The van der Waals surface area contributed by atoms with E-state index in [1.54, 1.807) is 30.3 Å². The van der Waals surface area contributed by atoms with Crippen molar-refractivity contribution in [3.05, 3.63) is 59.9 Å². The number of alkyl halides is 3. The van der Waals surface area contributed by atoms with Crippen LogP contribution in [0.1, 0.15) is 25.8 Å². The zero-order valence-electron chi connectivity index (χ0n) is 17.9. The number of hydrogen-bond acceptors (Lipinski definition) is 5. The first kappa shape index (κ1) is 23.6. The molecule has 0 radical (unpaired) electrons. The monoisotopic (exact) mass is 451 g/mol. The average molecular weight is 451 g/mol. The lowest BCUT2D eigenvalue weighted by atomic mass is 9.74. The third kappa shape index (κ3) is 4.72. The molecule has 0 aliphatic rings. The molecule has 0 fully saturated rings. The van der Waals surface area contributed by atoms with Gasteiger partial charge in [-0.05, 0) is 54.3 Å². The van der Waals surface area contributed by atoms with Crippen LogP contribution in [0.2, 0.25) is 0 Å². The minimum Gasteiger partial charge on any atom is -0.496 e. The van der Waals surface area contributed by atoms with E-state index in [1.807, 2.05) is 0 Å². The van der Waals surface area contributed by atoms with E-state index in [0.717, 1.165) is 12.1 Å². The highest BCUT2D eigenvalue weighted by Gasteiger charge is 2.56. The quantitative estimate of drug-likeness (QED) is 0.439. The van der Waals surface area contributed by atoms with E-state index in [2.05, 4.69) is 10.3 Å². The number of hydrogen-bond donors (Lipinski definition) is 3. The summed E-state index contributed by atoms with van der Waals surface area (Å²) in [5.74, 6) is -0.0797. The number of nitrogen functional groups attached to an aromatic ring is 1. The molecule has 9 heteroatoms. The summed E-state index contributed by atoms with van der Waals surface area (Å²) in [6, 6.07) is 11.7. The number of nitrogens with one attached hydrogen (secondary N) is 1. The zero-order chi connectivity index (χ0) is 23.7. The first-order valence-electron chi connectivity index (χ1n) is 9.88. The van der Waals surface area contributed by atoms with Crippen molar-refractivity contribution in [2.75, 3.05) is 24.7 Å². The smallest absolute Gasteiger partial charge is 0.418 e. The second-order valence-electron chi connectivity index (χ2n) is 8.40. The summed E-state index contributed by atoms with van der Waals surface area (Å²) in [4.78, 5) is 4.16. The Bertz CT molecular complexity index is 1120. The maximum Gasteiger partial charge on any atom is 0.418 e. The Kier molecular flexibility index (Phi) is 6.24. The minimum atomic E-state index is -4.95. The van der Waals surface area contributed by atoms with Gasteiger partial charge in [0.05, 0.1) is 19.2 Å². The first-order valence-corrected chi connectivity index (χ1v) is 9.88. The van der Waals surface area contributed by atoms with Gasteiger partial charge >= 0.3 is 6.18 Å². The second kappa shape index (κ2) is 8.46. The summed E-state index contributed by atoms with van der Waals surface area (Å²) in [5.41, 5.74) is 2.41. The summed E-state index contributed by atoms with van der Waals surface area (Å²) in [5, 5.41) is 14.1. The van der Waals surface area contributed by atoms with Gasteiger partial charge in [-0.25, -0.2) is 9.37 Å². The molecule has 3 aromatic rings. The summed E-state index contributed by atoms with van der Waals surface area (Å²) >= 11 is 0. The van der Waals surface area contributed by atoms with E-state index in [1.165, 1.54) is 27.0 Å². The Morgan fingerprint density at radius 1 is 1.09 bits per heavy atom. The summed E-state index contributed by atoms with van der Waals surface area (Å²) in [6.07, 6.45) is -5.68. The van der Waals surface area contributed by atoms with Crippen LogP contribution in [0.25, 0.3) is 10.9 Å². The molecule has 0 saturated carbocycles. The van der Waals surface area contributed by atoms with Crippen molar-refractivity contribution in [2.45, 2.75) is 37.5 Å². The number of benzene rings is 2. The number of rotatable bonds is 7. The summed E-state index contributed by atoms with van der Waals surface area (Å²) < 4.78 is 61.2. The molecule has 0 amide bonds. The Balaban J connectivity index is 1.94. The molecule has 172 valence electrons.